The number of hydrogen-bond donors (Lipinski definition) is 0. The number of carbonyl (C=O) groups excluding carboxylic acids is 2. The number of carbonyl (C=O) groups is 2. The molecular weight excluding hydrogens is 428 g/mol. The van der Waals surface area contributed by atoms with E-state index in [0.717, 1.165) is 15.5 Å². The summed E-state index contributed by atoms with van der Waals surface area (Å²) in [6.45, 7) is 4.05. The van der Waals surface area contributed by atoms with Crippen LogP contribution in [0.15, 0.2) is 59.1 Å². The molecule has 0 fully saturated rings. The van der Waals surface area contributed by atoms with Crippen molar-refractivity contribution in [2.45, 2.75) is 30.9 Å². The zero-order valence-electron chi connectivity index (χ0n) is 17.5. The first-order valence-corrected chi connectivity index (χ1v) is 11.7. The highest BCUT2D eigenvalue weighted by atomic mass is 32.2. The molecule has 31 heavy (non-hydrogen) atoms. The highest BCUT2D eigenvalue weighted by molar-refractivity contribution is 8.01. The third kappa shape index (κ3) is 5.60. The number of benzene rings is 1. The Morgan fingerprint density at radius 1 is 1.16 bits per heavy atom. The highest BCUT2D eigenvalue weighted by Gasteiger charge is 2.31. The van der Waals surface area contributed by atoms with E-state index in [2.05, 4.69) is 6.07 Å². The molecular formula is C24H23N2O3S2+. The van der Waals surface area contributed by atoms with Crippen molar-refractivity contribution < 1.29 is 18.9 Å². The average Bonchev–Trinajstić information content (AvgIpc) is 3.12. The summed E-state index contributed by atoms with van der Waals surface area (Å²) in [6, 6.07) is 15.2. The van der Waals surface area contributed by atoms with E-state index in [-0.39, 0.29) is 24.8 Å². The lowest BCUT2D eigenvalue weighted by Crippen LogP contribution is -2.31. The topological polar surface area (TPSA) is 71.0 Å². The minimum atomic E-state index is -0.370. The Morgan fingerprint density at radius 2 is 1.87 bits per heavy atom. The second kappa shape index (κ2) is 10.9. The van der Waals surface area contributed by atoms with Gasteiger partial charge in [0.25, 0.3) is 0 Å². The zero-order chi connectivity index (χ0) is 22.2. The summed E-state index contributed by atoms with van der Waals surface area (Å²) in [4.78, 5) is 26.3. The molecule has 0 saturated carbocycles. The summed E-state index contributed by atoms with van der Waals surface area (Å²) in [7, 11) is 0. The number of thiophene rings is 1. The van der Waals surface area contributed by atoms with Crippen LogP contribution >= 0.6 is 23.1 Å². The summed E-state index contributed by atoms with van der Waals surface area (Å²) in [5, 5.41) is 8.96. The Morgan fingerprint density at radius 3 is 2.52 bits per heavy atom. The number of rotatable bonds is 9. The SMILES string of the molecule is CCOC(=O)Cc1c(C(=O)c2ccccc2)sc(SCCC#N)c1-[n+]1ccc(C)cc1. The first-order valence-electron chi connectivity index (χ1n) is 9.94. The number of hydrogen-bond acceptors (Lipinski definition) is 6. The third-order valence-electron chi connectivity index (χ3n) is 4.52. The van der Waals surface area contributed by atoms with Crippen LogP contribution in [0, 0.1) is 18.3 Å². The number of esters is 1. The van der Waals surface area contributed by atoms with Crippen LogP contribution in [0.5, 0.6) is 0 Å². The molecule has 2 heterocycles. The van der Waals surface area contributed by atoms with Crippen LogP contribution in [0.2, 0.25) is 0 Å². The second-order valence-corrected chi connectivity index (χ2v) is 9.15. The molecule has 3 aromatic rings. The monoisotopic (exact) mass is 451 g/mol. The Labute approximate surface area is 190 Å². The molecule has 0 radical (unpaired) electrons. The van der Waals surface area contributed by atoms with E-state index in [1.165, 1.54) is 23.1 Å². The highest BCUT2D eigenvalue weighted by Crippen LogP contribution is 2.38. The number of nitriles is 1. The van der Waals surface area contributed by atoms with Gasteiger partial charge in [0.15, 0.2) is 12.4 Å². The maximum atomic E-state index is 13.4. The van der Waals surface area contributed by atoms with Crippen molar-refractivity contribution >= 4 is 34.9 Å². The van der Waals surface area contributed by atoms with Crippen LogP contribution in [-0.4, -0.2) is 24.1 Å². The van der Waals surface area contributed by atoms with Crippen molar-refractivity contribution in [3.8, 4) is 11.8 Å². The van der Waals surface area contributed by atoms with Gasteiger partial charge >= 0.3 is 5.97 Å². The Bertz CT molecular complexity index is 1100. The van der Waals surface area contributed by atoms with Gasteiger partial charge in [-0.05, 0) is 19.4 Å². The maximum absolute atomic E-state index is 13.4. The Balaban J connectivity index is 2.17. The number of pyridine rings is 1. The van der Waals surface area contributed by atoms with Gasteiger partial charge in [0.1, 0.15) is 4.21 Å². The van der Waals surface area contributed by atoms with Gasteiger partial charge in [0, 0.05) is 29.9 Å². The van der Waals surface area contributed by atoms with Gasteiger partial charge in [0.05, 0.1) is 29.5 Å². The molecule has 0 atom stereocenters. The molecule has 7 heteroatoms. The smallest absolute Gasteiger partial charge is 0.310 e. The summed E-state index contributed by atoms with van der Waals surface area (Å²) >= 11 is 2.90. The van der Waals surface area contributed by atoms with E-state index in [4.69, 9.17) is 10.00 Å². The molecule has 0 aliphatic carbocycles. The number of aromatic nitrogens is 1. The van der Waals surface area contributed by atoms with Crippen LogP contribution in [0.4, 0.5) is 0 Å². The van der Waals surface area contributed by atoms with Crippen LogP contribution in [-0.2, 0) is 16.0 Å². The van der Waals surface area contributed by atoms with E-state index < -0.39 is 0 Å². The van der Waals surface area contributed by atoms with Gasteiger partial charge < -0.3 is 4.74 Å². The fourth-order valence-electron chi connectivity index (χ4n) is 3.06. The van der Waals surface area contributed by atoms with Gasteiger partial charge in [0.2, 0.25) is 11.5 Å². The summed E-state index contributed by atoms with van der Waals surface area (Å²) in [5.41, 5.74) is 3.14. The lowest BCUT2D eigenvalue weighted by molar-refractivity contribution is -0.598. The standard InChI is InChI=1S/C24H23N2O3S2/c1-3-29-20(27)16-19-21(26-13-10-17(2)11-14-26)24(30-15-7-12-25)31-23(19)22(28)18-8-5-4-6-9-18/h4-6,8-11,13-14H,3,7,15-16H2,1-2H3/q+1. The molecule has 5 nitrogen and oxygen atoms in total. The van der Waals surface area contributed by atoms with Crippen molar-refractivity contribution in [3.63, 3.8) is 0 Å². The third-order valence-corrected chi connectivity index (χ3v) is 7.00. The Kier molecular flexibility index (Phi) is 7.99. The fourth-order valence-corrected chi connectivity index (χ4v) is 5.55. The molecule has 3 rings (SSSR count). The predicted octanol–water partition coefficient (Wildman–Crippen LogP) is 4.68. The molecule has 0 spiro atoms. The van der Waals surface area contributed by atoms with E-state index in [9.17, 15) is 9.59 Å². The molecule has 158 valence electrons. The van der Waals surface area contributed by atoms with Crippen LogP contribution in [0.3, 0.4) is 0 Å². The summed E-state index contributed by atoms with van der Waals surface area (Å²) in [6.07, 6.45) is 4.26. The number of thioether (sulfide) groups is 1. The molecule has 0 bridgehead atoms. The molecule has 0 amide bonds. The molecule has 0 unspecified atom stereocenters. The second-order valence-electron chi connectivity index (χ2n) is 6.76. The fraction of sp³-hybridized carbons (Fsp3) is 0.250. The van der Waals surface area contributed by atoms with Gasteiger partial charge in [-0.15, -0.1) is 23.1 Å². The largest absolute Gasteiger partial charge is 0.466 e. The van der Waals surface area contributed by atoms with Crippen molar-refractivity contribution in [2.24, 2.45) is 0 Å². The van der Waals surface area contributed by atoms with Crippen LogP contribution in [0.25, 0.3) is 5.69 Å². The molecule has 1 aromatic carbocycles. The number of ether oxygens (including phenoxy) is 1. The van der Waals surface area contributed by atoms with Gasteiger partial charge in [-0.3, -0.25) is 9.59 Å². The maximum Gasteiger partial charge on any atom is 0.310 e. The number of aryl methyl sites for hydroxylation is 1. The van der Waals surface area contributed by atoms with Gasteiger partial charge in [-0.2, -0.15) is 9.83 Å². The van der Waals surface area contributed by atoms with Crippen molar-refractivity contribution in [2.75, 3.05) is 12.4 Å². The van der Waals surface area contributed by atoms with Crippen molar-refractivity contribution in [3.05, 3.63) is 76.4 Å². The lowest BCUT2D eigenvalue weighted by Gasteiger charge is -2.05. The van der Waals surface area contributed by atoms with Crippen molar-refractivity contribution in [1.29, 1.82) is 5.26 Å². The normalized spacial score (nSPS) is 10.5. The van der Waals surface area contributed by atoms with Crippen LogP contribution in [0.1, 0.15) is 39.7 Å². The molecule has 0 aliphatic rings. The van der Waals surface area contributed by atoms with Crippen LogP contribution < -0.4 is 4.57 Å². The van der Waals surface area contributed by atoms with Crippen molar-refractivity contribution in [1.82, 2.24) is 0 Å². The number of ketones is 1. The van der Waals surface area contributed by atoms with E-state index in [1.807, 2.05) is 54.2 Å². The number of nitrogens with zero attached hydrogens (tertiary/aromatic N) is 2. The summed E-state index contributed by atoms with van der Waals surface area (Å²) in [5.74, 6) is 0.116. The van der Waals surface area contributed by atoms with Gasteiger partial charge in [-0.25, -0.2) is 0 Å². The van der Waals surface area contributed by atoms with Gasteiger partial charge in [-0.1, -0.05) is 30.3 Å². The molecule has 2 aromatic heterocycles. The average molecular weight is 452 g/mol. The first kappa shape index (κ1) is 22.7. The van der Waals surface area contributed by atoms with E-state index >= 15 is 0 Å². The first-order chi connectivity index (χ1) is 15.0. The predicted molar refractivity (Wildman–Crippen MR) is 122 cm³/mol. The molecule has 0 saturated heterocycles. The lowest BCUT2D eigenvalue weighted by atomic mass is 10.0. The summed E-state index contributed by atoms with van der Waals surface area (Å²) < 4.78 is 8.04. The Hall–Kier alpha value is -2.95. The molecule has 0 aliphatic heterocycles. The molecule has 0 N–H and O–H groups in total. The zero-order valence-corrected chi connectivity index (χ0v) is 19.1. The van der Waals surface area contributed by atoms with E-state index in [1.54, 1.807) is 19.1 Å². The minimum absolute atomic E-state index is 0.00721. The minimum Gasteiger partial charge on any atom is -0.466 e. The van der Waals surface area contributed by atoms with E-state index in [0.29, 0.717) is 28.2 Å². The quantitative estimate of drug-likeness (QED) is 0.155.